The van der Waals surface area contributed by atoms with E-state index in [9.17, 15) is 0 Å². The predicted octanol–water partition coefficient (Wildman–Crippen LogP) is 4.30. The van der Waals surface area contributed by atoms with Gasteiger partial charge in [-0.2, -0.15) is 0 Å². The molecule has 0 N–H and O–H groups in total. The van der Waals surface area contributed by atoms with Gasteiger partial charge >= 0.3 is 0 Å². The maximum Gasteiger partial charge on any atom is 0.127 e. The third-order valence-corrected chi connectivity index (χ3v) is 4.56. The molecule has 2 nitrogen and oxygen atoms in total. The first-order chi connectivity index (χ1) is 10.4. The van der Waals surface area contributed by atoms with Crippen LogP contribution in [0, 0.1) is 5.92 Å². The molecule has 0 spiro atoms. The van der Waals surface area contributed by atoms with Gasteiger partial charge in [-0.15, -0.1) is 0 Å². The fraction of sp³-hybridized carbons (Fsp3) is 0.368. The van der Waals surface area contributed by atoms with Crippen molar-refractivity contribution in [3.63, 3.8) is 0 Å². The van der Waals surface area contributed by atoms with Crippen molar-refractivity contribution in [1.29, 1.82) is 0 Å². The number of para-hydroxylation sites is 1. The Morgan fingerprint density at radius 3 is 2.57 bits per heavy atom. The van der Waals surface area contributed by atoms with Crippen LogP contribution in [0.5, 0.6) is 5.75 Å². The Kier molecular flexibility index (Phi) is 3.40. The number of epoxide rings is 1. The van der Waals surface area contributed by atoms with Crippen LogP contribution in [0.4, 0.5) is 0 Å². The first-order valence-electron chi connectivity index (χ1n) is 7.83. The van der Waals surface area contributed by atoms with Crippen LogP contribution in [-0.2, 0) is 4.74 Å². The Morgan fingerprint density at radius 1 is 0.905 bits per heavy atom. The van der Waals surface area contributed by atoms with Gasteiger partial charge in [0.15, 0.2) is 0 Å². The molecule has 1 aliphatic heterocycles. The molecule has 2 heteroatoms. The minimum Gasteiger partial charge on any atom is -0.493 e. The topological polar surface area (TPSA) is 21.8 Å². The van der Waals surface area contributed by atoms with Crippen LogP contribution >= 0.6 is 0 Å². The van der Waals surface area contributed by atoms with Gasteiger partial charge in [0.1, 0.15) is 5.75 Å². The van der Waals surface area contributed by atoms with Crippen LogP contribution in [-0.4, -0.2) is 18.8 Å². The minimum absolute atomic E-state index is 0.525. The fourth-order valence-electron chi connectivity index (χ4n) is 3.29. The molecule has 2 fully saturated rings. The summed E-state index contributed by atoms with van der Waals surface area (Å²) in [5.41, 5.74) is 2.39. The second-order valence-corrected chi connectivity index (χ2v) is 6.07. The molecule has 1 saturated carbocycles. The lowest BCUT2D eigenvalue weighted by Crippen LogP contribution is -2.20. The molecule has 3 unspecified atom stereocenters. The summed E-state index contributed by atoms with van der Waals surface area (Å²) in [6, 6.07) is 18.8. The highest BCUT2D eigenvalue weighted by molar-refractivity contribution is 5.70. The van der Waals surface area contributed by atoms with Gasteiger partial charge in [-0.25, -0.2) is 0 Å². The van der Waals surface area contributed by atoms with Crippen molar-refractivity contribution in [2.75, 3.05) is 6.61 Å². The Morgan fingerprint density at radius 2 is 1.71 bits per heavy atom. The van der Waals surface area contributed by atoms with Crippen molar-refractivity contribution in [2.24, 2.45) is 5.92 Å². The molecule has 4 rings (SSSR count). The summed E-state index contributed by atoms with van der Waals surface area (Å²) in [7, 11) is 0. The van der Waals surface area contributed by atoms with Gasteiger partial charge in [0.2, 0.25) is 0 Å². The number of rotatable bonds is 4. The normalized spacial score (nSPS) is 27.0. The van der Waals surface area contributed by atoms with Crippen LogP contribution in [0.1, 0.15) is 19.3 Å². The molecule has 1 saturated heterocycles. The van der Waals surface area contributed by atoms with E-state index in [1.807, 2.05) is 12.1 Å². The summed E-state index contributed by atoms with van der Waals surface area (Å²) in [5, 5.41) is 0. The lowest BCUT2D eigenvalue weighted by Gasteiger charge is -2.20. The van der Waals surface area contributed by atoms with Crippen LogP contribution in [0.3, 0.4) is 0 Å². The Hall–Kier alpha value is -1.80. The van der Waals surface area contributed by atoms with Crippen molar-refractivity contribution in [3.05, 3.63) is 54.6 Å². The van der Waals surface area contributed by atoms with Gasteiger partial charge in [-0.1, -0.05) is 48.5 Å². The van der Waals surface area contributed by atoms with Gasteiger partial charge in [0, 0.05) is 5.56 Å². The van der Waals surface area contributed by atoms with Crippen LogP contribution in [0.15, 0.2) is 54.6 Å². The predicted molar refractivity (Wildman–Crippen MR) is 83.4 cm³/mol. The zero-order chi connectivity index (χ0) is 14.1. The maximum absolute atomic E-state index is 6.14. The van der Waals surface area contributed by atoms with Gasteiger partial charge < -0.3 is 9.47 Å². The third-order valence-electron chi connectivity index (χ3n) is 4.56. The number of benzene rings is 2. The van der Waals surface area contributed by atoms with E-state index in [1.54, 1.807) is 0 Å². The van der Waals surface area contributed by atoms with Crippen LogP contribution in [0.2, 0.25) is 0 Å². The molecule has 0 amide bonds. The molecule has 2 aromatic rings. The van der Waals surface area contributed by atoms with E-state index in [2.05, 4.69) is 42.5 Å². The van der Waals surface area contributed by atoms with E-state index in [1.165, 1.54) is 24.0 Å². The van der Waals surface area contributed by atoms with Gasteiger partial charge in [-0.05, 0) is 36.8 Å². The molecule has 2 aliphatic rings. The Labute approximate surface area is 125 Å². The monoisotopic (exact) mass is 280 g/mol. The molecule has 1 heterocycles. The first kappa shape index (κ1) is 12.9. The minimum atomic E-state index is 0.525. The second-order valence-electron chi connectivity index (χ2n) is 6.07. The summed E-state index contributed by atoms with van der Waals surface area (Å²) in [6.45, 7) is 0.802. The zero-order valence-electron chi connectivity index (χ0n) is 12.1. The number of ether oxygens (including phenoxy) is 2. The van der Waals surface area contributed by atoms with Crippen LogP contribution in [0.25, 0.3) is 11.1 Å². The molecule has 0 radical (unpaired) electrons. The molecule has 21 heavy (non-hydrogen) atoms. The summed E-state index contributed by atoms with van der Waals surface area (Å²) >= 11 is 0. The van der Waals surface area contributed by atoms with Crippen LogP contribution < -0.4 is 4.74 Å². The highest BCUT2D eigenvalue weighted by Gasteiger charge is 2.43. The van der Waals surface area contributed by atoms with E-state index in [4.69, 9.17) is 9.47 Å². The van der Waals surface area contributed by atoms with E-state index < -0.39 is 0 Å². The van der Waals surface area contributed by atoms with E-state index in [0.29, 0.717) is 18.1 Å². The number of hydrogen-bond donors (Lipinski definition) is 0. The van der Waals surface area contributed by atoms with Crippen molar-refractivity contribution in [3.8, 4) is 16.9 Å². The molecular formula is C19H20O2. The van der Waals surface area contributed by atoms with Crippen molar-refractivity contribution >= 4 is 0 Å². The molecule has 2 aromatic carbocycles. The van der Waals surface area contributed by atoms with E-state index in [0.717, 1.165) is 18.8 Å². The standard InChI is InChI=1S/C19H20O2/c1-2-6-15(7-3-1)16-8-4-5-9-17(16)20-13-14-10-11-18-19(12-14)21-18/h1-9,14,18-19H,10-13H2. The molecule has 3 atom stereocenters. The number of fused-ring (bicyclic) bond motifs is 1. The zero-order valence-corrected chi connectivity index (χ0v) is 12.1. The summed E-state index contributed by atoms with van der Waals surface area (Å²) in [4.78, 5) is 0. The molecule has 1 aliphatic carbocycles. The Balaban J connectivity index is 1.47. The van der Waals surface area contributed by atoms with E-state index in [-0.39, 0.29) is 0 Å². The van der Waals surface area contributed by atoms with Gasteiger partial charge in [0.25, 0.3) is 0 Å². The molecule has 0 bridgehead atoms. The Bertz CT molecular complexity index is 608. The SMILES string of the molecule is c1ccc(-c2ccccc2OCC2CCC3OC3C2)cc1. The van der Waals surface area contributed by atoms with E-state index >= 15 is 0 Å². The second kappa shape index (κ2) is 5.53. The van der Waals surface area contributed by atoms with Crippen molar-refractivity contribution in [2.45, 2.75) is 31.5 Å². The van der Waals surface area contributed by atoms with Gasteiger partial charge in [-0.3, -0.25) is 0 Å². The van der Waals surface area contributed by atoms with Crippen molar-refractivity contribution < 1.29 is 9.47 Å². The fourth-order valence-corrected chi connectivity index (χ4v) is 3.29. The smallest absolute Gasteiger partial charge is 0.127 e. The highest BCUT2D eigenvalue weighted by Crippen LogP contribution is 2.40. The van der Waals surface area contributed by atoms with Gasteiger partial charge in [0.05, 0.1) is 18.8 Å². The average Bonchev–Trinajstić information content (AvgIpc) is 3.33. The maximum atomic E-state index is 6.14. The quantitative estimate of drug-likeness (QED) is 0.779. The largest absolute Gasteiger partial charge is 0.493 e. The number of hydrogen-bond acceptors (Lipinski definition) is 2. The molecule has 0 aromatic heterocycles. The third kappa shape index (κ3) is 2.81. The summed E-state index contributed by atoms with van der Waals surface area (Å²) in [5.74, 6) is 1.63. The molecular weight excluding hydrogens is 260 g/mol. The molecule has 108 valence electrons. The summed E-state index contributed by atoms with van der Waals surface area (Å²) < 4.78 is 11.7. The van der Waals surface area contributed by atoms with Crippen molar-refractivity contribution in [1.82, 2.24) is 0 Å². The lowest BCUT2D eigenvalue weighted by atomic mass is 9.90. The highest BCUT2D eigenvalue weighted by atomic mass is 16.6. The average molecular weight is 280 g/mol. The lowest BCUT2D eigenvalue weighted by molar-refractivity contribution is 0.218. The first-order valence-corrected chi connectivity index (χ1v) is 7.83. The summed E-state index contributed by atoms with van der Waals surface area (Å²) in [6.07, 6.45) is 4.70.